The van der Waals surface area contributed by atoms with Gasteiger partial charge in [0, 0.05) is 25.8 Å². The van der Waals surface area contributed by atoms with Crippen LogP contribution in [0.1, 0.15) is 44.9 Å². The van der Waals surface area contributed by atoms with Gasteiger partial charge in [0.1, 0.15) is 0 Å². The zero-order valence-corrected chi connectivity index (χ0v) is 15.2. The molecular weight excluding hydrogens is 324 g/mol. The summed E-state index contributed by atoms with van der Waals surface area (Å²) in [5, 5.41) is 2.93. The summed E-state index contributed by atoms with van der Waals surface area (Å²) in [6, 6.07) is -0.136. The molecule has 0 aromatic heterocycles. The molecule has 5 nitrogen and oxygen atoms in total. The van der Waals surface area contributed by atoms with Gasteiger partial charge in [-0.2, -0.15) is 0 Å². The largest absolute Gasteiger partial charge is 0.341 e. The smallest absolute Gasteiger partial charge is 0.222 e. The standard InChI is InChI=1S/C15H28N2O3S.ClH/c1-17(15(18)8-7-12-9-10-16-11-12)13-5-3-4-6-14(13)21(2,19)20;/h12-14,16H,3-11H2,1-2H3;1H. The van der Waals surface area contributed by atoms with Crippen LogP contribution in [0.15, 0.2) is 0 Å². The molecule has 0 aromatic rings. The molecule has 0 radical (unpaired) electrons. The van der Waals surface area contributed by atoms with Crippen LogP contribution >= 0.6 is 12.4 Å². The lowest BCUT2D eigenvalue weighted by Crippen LogP contribution is -2.49. The molecule has 7 heteroatoms. The first kappa shape index (κ1) is 19.7. The number of nitrogens with zero attached hydrogens (tertiary/aromatic N) is 1. The van der Waals surface area contributed by atoms with Crippen LogP contribution in [-0.2, 0) is 14.6 Å². The molecule has 0 aromatic carbocycles. The van der Waals surface area contributed by atoms with Gasteiger partial charge in [0.05, 0.1) is 5.25 Å². The van der Waals surface area contributed by atoms with E-state index in [0.29, 0.717) is 18.8 Å². The van der Waals surface area contributed by atoms with Crippen LogP contribution in [0.2, 0.25) is 0 Å². The topological polar surface area (TPSA) is 66.5 Å². The zero-order valence-electron chi connectivity index (χ0n) is 13.6. The van der Waals surface area contributed by atoms with Gasteiger partial charge in [-0.05, 0) is 44.7 Å². The molecule has 3 unspecified atom stereocenters. The summed E-state index contributed by atoms with van der Waals surface area (Å²) >= 11 is 0. The van der Waals surface area contributed by atoms with Crippen LogP contribution in [0.3, 0.4) is 0 Å². The molecule has 0 spiro atoms. The summed E-state index contributed by atoms with van der Waals surface area (Å²) in [5.74, 6) is 0.696. The third-order valence-corrected chi connectivity index (χ3v) is 6.69. The number of hydrogen-bond donors (Lipinski definition) is 1. The summed E-state index contributed by atoms with van der Waals surface area (Å²) < 4.78 is 23.9. The lowest BCUT2D eigenvalue weighted by molar-refractivity contribution is -0.132. The number of halogens is 1. The first-order valence-electron chi connectivity index (χ1n) is 8.05. The van der Waals surface area contributed by atoms with Crippen molar-refractivity contribution in [1.29, 1.82) is 0 Å². The quantitative estimate of drug-likeness (QED) is 0.816. The minimum Gasteiger partial charge on any atom is -0.341 e. The van der Waals surface area contributed by atoms with E-state index in [0.717, 1.165) is 45.2 Å². The highest BCUT2D eigenvalue weighted by Gasteiger charge is 2.36. The maximum Gasteiger partial charge on any atom is 0.222 e. The van der Waals surface area contributed by atoms with Crippen molar-refractivity contribution in [2.45, 2.75) is 56.2 Å². The lowest BCUT2D eigenvalue weighted by atomic mass is 9.93. The van der Waals surface area contributed by atoms with Gasteiger partial charge in [-0.25, -0.2) is 8.42 Å². The van der Waals surface area contributed by atoms with Crippen molar-refractivity contribution >= 4 is 28.2 Å². The van der Waals surface area contributed by atoms with E-state index >= 15 is 0 Å². The highest BCUT2D eigenvalue weighted by atomic mass is 35.5. The Kier molecular flexibility index (Phi) is 7.62. The summed E-state index contributed by atoms with van der Waals surface area (Å²) in [5.41, 5.74) is 0. The van der Waals surface area contributed by atoms with Gasteiger partial charge in [-0.15, -0.1) is 12.4 Å². The van der Waals surface area contributed by atoms with Gasteiger partial charge in [0.15, 0.2) is 9.84 Å². The average molecular weight is 353 g/mol. The second-order valence-electron chi connectivity index (χ2n) is 6.62. The van der Waals surface area contributed by atoms with Crippen molar-refractivity contribution in [2.75, 3.05) is 26.4 Å². The molecule has 22 heavy (non-hydrogen) atoms. The molecular formula is C15H29ClN2O3S. The van der Waals surface area contributed by atoms with E-state index in [1.54, 1.807) is 11.9 Å². The van der Waals surface area contributed by atoms with Crippen LogP contribution in [0, 0.1) is 5.92 Å². The Bertz CT molecular complexity index is 463. The number of sulfone groups is 1. The molecule has 2 rings (SSSR count). The fourth-order valence-corrected chi connectivity index (χ4v) is 5.15. The summed E-state index contributed by atoms with van der Waals surface area (Å²) in [6.45, 7) is 2.06. The SMILES string of the molecule is CN(C(=O)CCC1CCNC1)C1CCCCC1S(C)(=O)=O.Cl. The van der Waals surface area contributed by atoms with Crippen molar-refractivity contribution in [3.8, 4) is 0 Å². The maximum atomic E-state index is 12.4. The number of amides is 1. The van der Waals surface area contributed by atoms with E-state index < -0.39 is 9.84 Å². The minimum absolute atomic E-state index is 0. The maximum absolute atomic E-state index is 12.4. The first-order valence-corrected chi connectivity index (χ1v) is 10.0. The molecule has 2 aliphatic rings. The van der Waals surface area contributed by atoms with Crippen LogP contribution < -0.4 is 5.32 Å². The molecule has 1 heterocycles. The average Bonchev–Trinajstić information content (AvgIpc) is 2.96. The van der Waals surface area contributed by atoms with Crippen LogP contribution in [0.4, 0.5) is 0 Å². The number of rotatable bonds is 5. The highest BCUT2D eigenvalue weighted by Crippen LogP contribution is 2.28. The molecule has 1 saturated carbocycles. The summed E-state index contributed by atoms with van der Waals surface area (Å²) in [6.07, 6.45) is 7.36. The van der Waals surface area contributed by atoms with E-state index in [2.05, 4.69) is 5.32 Å². The van der Waals surface area contributed by atoms with Gasteiger partial charge in [-0.1, -0.05) is 12.8 Å². The van der Waals surface area contributed by atoms with Gasteiger partial charge in [0.2, 0.25) is 5.91 Å². The molecule has 130 valence electrons. The fraction of sp³-hybridized carbons (Fsp3) is 0.933. The lowest BCUT2D eigenvalue weighted by Gasteiger charge is -2.37. The Morgan fingerprint density at radius 2 is 1.91 bits per heavy atom. The van der Waals surface area contributed by atoms with E-state index in [-0.39, 0.29) is 29.6 Å². The van der Waals surface area contributed by atoms with E-state index in [9.17, 15) is 13.2 Å². The minimum atomic E-state index is -3.09. The number of nitrogens with one attached hydrogen (secondary N) is 1. The predicted molar refractivity (Wildman–Crippen MR) is 91.1 cm³/mol. The fourth-order valence-electron chi connectivity index (χ4n) is 3.67. The molecule has 0 bridgehead atoms. The Balaban J connectivity index is 0.00000242. The third-order valence-electron chi connectivity index (χ3n) is 5.04. The Morgan fingerprint density at radius 3 is 2.50 bits per heavy atom. The normalized spacial score (nSPS) is 28.9. The zero-order chi connectivity index (χ0) is 15.5. The second-order valence-corrected chi connectivity index (χ2v) is 8.89. The van der Waals surface area contributed by atoms with Crippen molar-refractivity contribution in [1.82, 2.24) is 10.2 Å². The van der Waals surface area contributed by atoms with Crippen molar-refractivity contribution in [3.63, 3.8) is 0 Å². The molecule has 3 atom stereocenters. The van der Waals surface area contributed by atoms with Crippen LogP contribution in [0.25, 0.3) is 0 Å². The summed E-state index contributed by atoms with van der Waals surface area (Å²) in [4.78, 5) is 14.1. The van der Waals surface area contributed by atoms with Gasteiger partial charge in [-0.3, -0.25) is 4.79 Å². The van der Waals surface area contributed by atoms with Crippen molar-refractivity contribution in [2.24, 2.45) is 5.92 Å². The predicted octanol–water partition coefficient (Wildman–Crippen LogP) is 1.61. The van der Waals surface area contributed by atoms with Crippen molar-refractivity contribution in [3.05, 3.63) is 0 Å². The van der Waals surface area contributed by atoms with Crippen LogP contribution in [0.5, 0.6) is 0 Å². The second kappa shape index (κ2) is 8.50. The molecule has 1 aliphatic carbocycles. The van der Waals surface area contributed by atoms with Crippen LogP contribution in [-0.4, -0.2) is 56.9 Å². The van der Waals surface area contributed by atoms with Gasteiger partial charge >= 0.3 is 0 Å². The number of hydrogen-bond acceptors (Lipinski definition) is 4. The number of carbonyl (C=O) groups excluding carboxylic acids is 1. The molecule has 1 aliphatic heterocycles. The molecule has 1 amide bonds. The van der Waals surface area contributed by atoms with Crippen molar-refractivity contribution < 1.29 is 13.2 Å². The van der Waals surface area contributed by atoms with Gasteiger partial charge < -0.3 is 10.2 Å². The van der Waals surface area contributed by atoms with Gasteiger partial charge in [0.25, 0.3) is 0 Å². The Morgan fingerprint density at radius 1 is 1.23 bits per heavy atom. The monoisotopic (exact) mass is 352 g/mol. The molecule has 1 saturated heterocycles. The van der Waals surface area contributed by atoms with E-state index in [1.807, 2.05) is 0 Å². The molecule has 1 N–H and O–H groups in total. The summed E-state index contributed by atoms with van der Waals surface area (Å²) in [7, 11) is -1.31. The van der Waals surface area contributed by atoms with E-state index in [4.69, 9.17) is 0 Å². The Labute approximate surface area is 140 Å². The number of carbonyl (C=O) groups is 1. The third kappa shape index (κ3) is 5.10. The Hall–Kier alpha value is -0.330. The van der Waals surface area contributed by atoms with E-state index in [1.165, 1.54) is 6.26 Å². The molecule has 2 fully saturated rings. The first-order chi connectivity index (χ1) is 9.89. The highest BCUT2D eigenvalue weighted by molar-refractivity contribution is 7.91.